The third kappa shape index (κ3) is 13.7. The largest absolute Gasteiger partial charge is 0.497 e. The number of hydrogen-bond acceptors (Lipinski definition) is 7. The Labute approximate surface area is 370 Å². The summed E-state index contributed by atoms with van der Waals surface area (Å²) in [7, 11) is 4.77. The third-order valence-electron chi connectivity index (χ3n) is 10.7. The summed E-state index contributed by atoms with van der Waals surface area (Å²) < 4.78 is 42.7. The highest BCUT2D eigenvalue weighted by Crippen LogP contribution is 2.33. The average molecular weight is 898 g/mol. The maximum absolute atomic E-state index is 13.6. The zero-order chi connectivity index (χ0) is 44.8. The number of anilines is 2. The van der Waals surface area contributed by atoms with E-state index in [9.17, 15) is 28.0 Å². The Morgan fingerprint density at radius 3 is 1.44 bits per heavy atom. The van der Waals surface area contributed by atoms with Crippen molar-refractivity contribution in [2.24, 2.45) is 0 Å². The van der Waals surface area contributed by atoms with Crippen LogP contribution < -0.4 is 30.7 Å². The number of amides is 6. The summed E-state index contributed by atoms with van der Waals surface area (Å²) in [5.41, 5.74) is 3.20. The fourth-order valence-electron chi connectivity index (χ4n) is 7.47. The van der Waals surface area contributed by atoms with E-state index in [0.29, 0.717) is 66.6 Å². The molecule has 13 nitrogen and oxygen atoms in total. The fourth-order valence-corrected chi connectivity index (χ4v) is 7.72. The summed E-state index contributed by atoms with van der Waals surface area (Å²) in [6, 6.07) is 27.1. The van der Waals surface area contributed by atoms with Crippen LogP contribution in [0.2, 0.25) is 10.0 Å². The first-order valence-electron chi connectivity index (χ1n) is 20.0. The number of carbonyl (C=O) groups is 4. The van der Waals surface area contributed by atoms with E-state index in [1.165, 1.54) is 0 Å². The molecule has 4 aromatic rings. The van der Waals surface area contributed by atoms with Crippen molar-refractivity contribution in [1.82, 2.24) is 20.4 Å². The second-order valence-corrected chi connectivity index (χ2v) is 15.9. The van der Waals surface area contributed by atoms with Crippen LogP contribution >= 0.6 is 23.2 Å². The molecule has 6 rings (SSSR count). The molecule has 2 heterocycles. The number of benzene rings is 4. The van der Waals surface area contributed by atoms with E-state index in [2.05, 4.69) is 21.3 Å². The van der Waals surface area contributed by atoms with Crippen LogP contribution in [0.4, 0.5) is 29.7 Å². The lowest BCUT2D eigenvalue weighted by Crippen LogP contribution is -2.56. The van der Waals surface area contributed by atoms with Crippen LogP contribution in [0, 0.1) is 0 Å². The highest BCUT2D eigenvalue weighted by atomic mass is 35.5. The van der Waals surface area contributed by atoms with Crippen LogP contribution in [0.15, 0.2) is 97.1 Å². The number of methoxy groups -OCH3 is 3. The quantitative estimate of drug-likeness (QED) is 0.112. The van der Waals surface area contributed by atoms with Crippen molar-refractivity contribution in [1.29, 1.82) is 0 Å². The van der Waals surface area contributed by atoms with Crippen LogP contribution in [0.1, 0.15) is 49.1 Å². The molecule has 2 aliphatic heterocycles. The van der Waals surface area contributed by atoms with Crippen molar-refractivity contribution < 1.29 is 42.2 Å². The minimum atomic E-state index is -3.47. The molecule has 4 N–H and O–H groups in total. The van der Waals surface area contributed by atoms with Crippen molar-refractivity contribution in [3.8, 4) is 11.5 Å². The number of nitrogens with zero attached hydrogens (tertiary/aromatic N) is 2. The zero-order valence-electron chi connectivity index (χ0n) is 35.0. The van der Waals surface area contributed by atoms with Crippen LogP contribution in [0.5, 0.6) is 11.5 Å². The van der Waals surface area contributed by atoms with E-state index < -0.39 is 23.9 Å². The van der Waals surface area contributed by atoms with Gasteiger partial charge in [-0.3, -0.25) is 9.59 Å². The number of hydrogen-bond donors (Lipinski definition) is 4. The maximum atomic E-state index is 13.6. The molecular weight excluding hydrogens is 845 g/mol. The second-order valence-electron chi connectivity index (χ2n) is 15.0. The summed E-state index contributed by atoms with van der Waals surface area (Å²) in [5.74, 6) is -3.30. The Bertz CT molecular complexity index is 2090. The molecule has 2 aliphatic rings. The predicted octanol–water partition coefficient (Wildman–Crippen LogP) is 8.40. The van der Waals surface area contributed by atoms with Crippen molar-refractivity contribution in [2.75, 3.05) is 64.7 Å². The van der Waals surface area contributed by atoms with Crippen LogP contribution in [-0.4, -0.2) is 106 Å². The van der Waals surface area contributed by atoms with E-state index in [-0.39, 0.29) is 42.9 Å². The van der Waals surface area contributed by atoms with Gasteiger partial charge in [-0.25, -0.2) is 9.59 Å². The predicted molar refractivity (Wildman–Crippen MR) is 236 cm³/mol. The SMILES string of the molecule is COCCC(=O)N1CC[C@@H](c2ccc(OC)cc2)[C@H](NC(=O)Nc2ccc(Cl)cc2)C1.COc1ccc([C@@H]2CCN(C(=O)C(C)(F)F)C[C@H]2NC(=O)Nc2ccc(Cl)cc2)cc1. The molecule has 2 fully saturated rings. The van der Waals surface area contributed by atoms with Crippen molar-refractivity contribution >= 4 is 58.5 Å². The summed E-state index contributed by atoms with van der Waals surface area (Å²) in [6.45, 7) is 2.19. The number of nitrogens with one attached hydrogen (secondary N) is 4. The van der Waals surface area contributed by atoms with Crippen molar-refractivity contribution in [3.05, 3.63) is 118 Å². The molecule has 332 valence electrons. The number of rotatable bonds is 12. The first kappa shape index (κ1) is 47.4. The Kier molecular flexibility index (Phi) is 17.2. The second kappa shape index (κ2) is 22.5. The van der Waals surface area contributed by atoms with Gasteiger partial charge in [0.25, 0.3) is 5.91 Å². The van der Waals surface area contributed by atoms with Gasteiger partial charge < -0.3 is 45.3 Å². The first-order chi connectivity index (χ1) is 29.7. The minimum absolute atomic E-state index is 0.0208. The molecule has 2 saturated heterocycles. The van der Waals surface area contributed by atoms with Gasteiger partial charge in [-0.15, -0.1) is 0 Å². The molecule has 6 amide bonds. The van der Waals surface area contributed by atoms with Gasteiger partial charge in [0.2, 0.25) is 5.91 Å². The number of carbonyl (C=O) groups excluding carboxylic acids is 4. The molecule has 0 bridgehead atoms. The smallest absolute Gasteiger partial charge is 0.322 e. The van der Waals surface area contributed by atoms with Crippen molar-refractivity contribution in [3.63, 3.8) is 0 Å². The lowest BCUT2D eigenvalue weighted by molar-refractivity contribution is -0.156. The minimum Gasteiger partial charge on any atom is -0.497 e. The first-order valence-corrected chi connectivity index (χ1v) is 20.8. The normalized spacial score (nSPS) is 18.6. The summed E-state index contributed by atoms with van der Waals surface area (Å²) in [4.78, 5) is 52.8. The summed E-state index contributed by atoms with van der Waals surface area (Å²) >= 11 is 11.8. The monoisotopic (exact) mass is 896 g/mol. The van der Waals surface area contributed by atoms with Gasteiger partial charge in [0.05, 0.1) is 39.3 Å². The standard InChI is InChI=1S/C23H28ClN3O4.C22H24ClF2N3O3/c1-30-14-12-22(28)27-13-11-20(16-3-9-19(31-2)10-4-16)21(15-27)26-23(29)25-18-7-5-17(24)6-8-18;1-22(24,25)20(29)28-12-11-18(14-3-9-17(31-2)10-4-14)19(13-28)27-21(30)26-16-7-5-15(23)6-8-16/h3-10,20-21H,11-15H2,1-2H3,(H2,25,26,29);3-10,18-19H,11-13H2,1-2H3,(H2,26,27,30)/t20-,21+;18-,19+/m00/s1. The van der Waals surface area contributed by atoms with E-state index in [1.807, 2.05) is 36.4 Å². The maximum Gasteiger partial charge on any atom is 0.322 e. The number of alkyl halides is 2. The number of likely N-dealkylation sites (tertiary alicyclic amines) is 2. The molecule has 17 heteroatoms. The van der Waals surface area contributed by atoms with Crippen LogP contribution in [0.25, 0.3) is 0 Å². The topological polar surface area (TPSA) is 151 Å². The lowest BCUT2D eigenvalue weighted by Gasteiger charge is -2.40. The highest BCUT2D eigenvalue weighted by Gasteiger charge is 2.41. The molecule has 0 radical (unpaired) electrons. The van der Waals surface area contributed by atoms with Gasteiger partial charge >= 0.3 is 18.0 Å². The molecule has 4 aromatic carbocycles. The van der Waals surface area contributed by atoms with Gasteiger partial charge in [0.1, 0.15) is 11.5 Å². The molecule has 0 spiro atoms. The number of halogens is 4. The average Bonchev–Trinajstić information content (AvgIpc) is 3.26. The summed E-state index contributed by atoms with van der Waals surface area (Å²) in [5, 5.41) is 12.6. The van der Waals surface area contributed by atoms with E-state index in [4.69, 9.17) is 37.4 Å². The Morgan fingerprint density at radius 2 is 1.05 bits per heavy atom. The number of piperidine rings is 2. The summed E-state index contributed by atoms with van der Waals surface area (Å²) in [6.07, 6.45) is 1.50. The highest BCUT2D eigenvalue weighted by molar-refractivity contribution is 6.31. The Balaban J connectivity index is 0.000000234. The Hall–Kier alpha value is -5.64. The molecular formula is C45H52Cl2F2N6O7. The lowest BCUT2D eigenvalue weighted by atomic mass is 9.85. The molecule has 0 aromatic heterocycles. The van der Waals surface area contributed by atoms with Crippen molar-refractivity contribution in [2.45, 2.75) is 56.0 Å². The molecule has 0 saturated carbocycles. The third-order valence-corrected chi connectivity index (χ3v) is 11.2. The molecule has 4 atom stereocenters. The van der Waals surface area contributed by atoms with Gasteiger partial charge in [-0.05, 0) is 96.8 Å². The van der Waals surface area contributed by atoms with E-state index >= 15 is 0 Å². The molecule has 0 aliphatic carbocycles. The fraction of sp³-hybridized carbons (Fsp3) is 0.378. The van der Waals surface area contributed by atoms with Crippen LogP contribution in [0.3, 0.4) is 0 Å². The van der Waals surface area contributed by atoms with E-state index in [0.717, 1.165) is 28.2 Å². The van der Waals surface area contributed by atoms with Gasteiger partial charge in [0.15, 0.2) is 0 Å². The number of ether oxygens (including phenoxy) is 3. The van der Waals surface area contributed by atoms with Gasteiger partial charge in [0, 0.05) is 73.5 Å². The molecule has 0 unspecified atom stereocenters. The Morgan fingerprint density at radius 1 is 0.645 bits per heavy atom. The molecule has 62 heavy (non-hydrogen) atoms. The van der Waals surface area contributed by atoms with Gasteiger partial charge in [-0.2, -0.15) is 8.78 Å². The van der Waals surface area contributed by atoms with Gasteiger partial charge in [-0.1, -0.05) is 47.5 Å². The number of urea groups is 2. The van der Waals surface area contributed by atoms with E-state index in [1.54, 1.807) is 86.9 Å². The van der Waals surface area contributed by atoms with Crippen LogP contribution in [-0.2, 0) is 14.3 Å². The zero-order valence-corrected chi connectivity index (χ0v) is 36.5.